The summed E-state index contributed by atoms with van der Waals surface area (Å²) >= 11 is 7.36. The highest BCUT2D eigenvalue weighted by atomic mass is 35.5. The lowest BCUT2D eigenvalue weighted by atomic mass is 10.3. The number of thiazole rings is 1. The Kier molecular flexibility index (Phi) is 3.19. The van der Waals surface area contributed by atoms with Gasteiger partial charge in [-0.05, 0) is 19.9 Å². The maximum absolute atomic E-state index is 12.4. The highest BCUT2D eigenvalue weighted by molar-refractivity contribution is 7.15. The van der Waals surface area contributed by atoms with Crippen LogP contribution in [0.1, 0.15) is 21.1 Å². The first kappa shape index (κ1) is 13.1. The number of nitrogens with zero attached hydrogens (tertiary/aromatic N) is 3. The fraction of sp³-hybridized carbons (Fsp3) is 0.154. The Labute approximate surface area is 124 Å². The summed E-state index contributed by atoms with van der Waals surface area (Å²) in [6.07, 6.45) is 3.46. The number of hydrogen-bond acceptors (Lipinski definition) is 4. The Morgan fingerprint density at radius 1 is 1.45 bits per heavy atom. The van der Waals surface area contributed by atoms with E-state index in [2.05, 4.69) is 15.3 Å². The van der Waals surface area contributed by atoms with E-state index >= 15 is 0 Å². The maximum Gasteiger partial charge on any atom is 0.276 e. The van der Waals surface area contributed by atoms with Gasteiger partial charge in [0.25, 0.3) is 5.91 Å². The number of nitrogens with one attached hydrogen (secondary N) is 1. The van der Waals surface area contributed by atoms with Gasteiger partial charge in [0.2, 0.25) is 0 Å². The lowest BCUT2D eigenvalue weighted by Gasteiger charge is -2.03. The second-order valence-corrected chi connectivity index (χ2v) is 6.02. The average Bonchev–Trinajstić information content (AvgIpc) is 2.91. The van der Waals surface area contributed by atoms with Crippen LogP contribution < -0.4 is 5.32 Å². The molecule has 0 atom stereocenters. The van der Waals surface area contributed by atoms with Crippen molar-refractivity contribution in [2.45, 2.75) is 13.8 Å². The van der Waals surface area contributed by atoms with Crippen molar-refractivity contribution >= 4 is 39.6 Å². The van der Waals surface area contributed by atoms with Gasteiger partial charge in [-0.1, -0.05) is 11.6 Å². The highest BCUT2D eigenvalue weighted by Gasteiger charge is 2.17. The molecular weight excluding hydrogens is 296 g/mol. The third-order valence-corrected chi connectivity index (χ3v) is 3.88. The van der Waals surface area contributed by atoms with Crippen molar-refractivity contribution in [3.63, 3.8) is 0 Å². The van der Waals surface area contributed by atoms with Crippen LogP contribution in [-0.4, -0.2) is 20.3 Å². The third kappa shape index (κ3) is 2.28. The molecule has 0 spiro atoms. The zero-order chi connectivity index (χ0) is 14.3. The van der Waals surface area contributed by atoms with E-state index in [1.807, 2.05) is 6.92 Å². The average molecular weight is 307 g/mol. The minimum absolute atomic E-state index is 0.230. The molecule has 0 aliphatic heterocycles. The van der Waals surface area contributed by atoms with E-state index < -0.39 is 0 Å². The van der Waals surface area contributed by atoms with E-state index in [1.54, 1.807) is 35.9 Å². The SMILES string of the molecule is Cc1cnc(NC(=O)c2c(C)nc3cc(Cl)ccn23)s1. The number of anilines is 1. The predicted octanol–water partition coefficient (Wildman–Crippen LogP) is 3.31. The highest BCUT2D eigenvalue weighted by Crippen LogP contribution is 2.20. The molecule has 0 saturated heterocycles. The summed E-state index contributed by atoms with van der Waals surface area (Å²) in [6, 6.07) is 3.44. The lowest BCUT2D eigenvalue weighted by Crippen LogP contribution is -2.15. The van der Waals surface area contributed by atoms with Gasteiger partial charge >= 0.3 is 0 Å². The van der Waals surface area contributed by atoms with Crippen LogP contribution >= 0.6 is 22.9 Å². The molecule has 7 heteroatoms. The number of carbonyl (C=O) groups excluding carboxylic acids is 1. The number of fused-ring (bicyclic) bond motifs is 1. The van der Waals surface area contributed by atoms with Crippen LogP contribution in [-0.2, 0) is 0 Å². The molecule has 0 unspecified atom stereocenters. The van der Waals surface area contributed by atoms with E-state index in [-0.39, 0.29) is 5.91 Å². The second-order valence-electron chi connectivity index (χ2n) is 4.35. The van der Waals surface area contributed by atoms with Crippen LogP contribution in [0.4, 0.5) is 5.13 Å². The summed E-state index contributed by atoms with van der Waals surface area (Å²) in [4.78, 5) is 21.9. The molecule has 1 N–H and O–H groups in total. The molecule has 3 aromatic heterocycles. The van der Waals surface area contributed by atoms with Crippen molar-refractivity contribution in [3.05, 3.63) is 45.8 Å². The standard InChI is InChI=1S/C13H11ClN4OS/c1-7-6-15-13(20-7)17-12(19)11-8(2)16-10-5-9(14)3-4-18(10)11/h3-6H,1-2H3,(H,15,17,19). The van der Waals surface area contributed by atoms with Crippen LogP contribution in [0.3, 0.4) is 0 Å². The zero-order valence-corrected chi connectivity index (χ0v) is 12.4. The molecular formula is C13H11ClN4OS. The number of aromatic nitrogens is 3. The first-order valence-electron chi connectivity index (χ1n) is 5.92. The second kappa shape index (κ2) is 4.88. The first-order chi connectivity index (χ1) is 9.54. The molecule has 0 radical (unpaired) electrons. The minimum Gasteiger partial charge on any atom is -0.296 e. The Balaban J connectivity index is 2.01. The van der Waals surface area contributed by atoms with Gasteiger partial charge in [-0.25, -0.2) is 9.97 Å². The quantitative estimate of drug-likeness (QED) is 0.790. The molecule has 3 aromatic rings. The normalized spacial score (nSPS) is 10.9. The molecule has 0 fully saturated rings. The van der Waals surface area contributed by atoms with E-state index in [0.717, 1.165) is 4.88 Å². The maximum atomic E-state index is 12.4. The van der Waals surface area contributed by atoms with Crippen LogP contribution in [0.2, 0.25) is 5.02 Å². The van der Waals surface area contributed by atoms with Gasteiger partial charge in [-0.2, -0.15) is 0 Å². The summed E-state index contributed by atoms with van der Waals surface area (Å²) in [5.74, 6) is -0.230. The van der Waals surface area contributed by atoms with Gasteiger partial charge in [0.1, 0.15) is 11.3 Å². The van der Waals surface area contributed by atoms with Crippen molar-refractivity contribution in [2.75, 3.05) is 5.32 Å². The van der Waals surface area contributed by atoms with E-state index in [0.29, 0.717) is 27.2 Å². The molecule has 3 rings (SSSR count). The fourth-order valence-electron chi connectivity index (χ4n) is 1.98. The third-order valence-electron chi connectivity index (χ3n) is 2.82. The molecule has 0 aliphatic carbocycles. The van der Waals surface area contributed by atoms with Crippen molar-refractivity contribution in [3.8, 4) is 0 Å². The number of hydrogen-bond donors (Lipinski definition) is 1. The number of aryl methyl sites for hydroxylation is 2. The first-order valence-corrected chi connectivity index (χ1v) is 7.12. The zero-order valence-electron chi connectivity index (χ0n) is 10.8. The lowest BCUT2D eigenvalue weighted by molar-refractivity contribution is 0.102. The van der Waals surface area contributed by atoms with Gasteiger partial charge < -0.3 is 0 Å². The molecule has 0 saturated carbocycles. The van der Waals surface area contributed by atoms with Crippen LogP contribution in [0.25, 0.3) is 5.65 Å². The van der Waals surface area contributed by atoms with Gasteiger partial charge in [0.15, 0.2) is 5.13 Å². The predicted molar refractivity (Wildman–Crippen MR) is 79.7 cm³/mol. The summed E-state index contributed by atoms with van der Waals surface area (Å²) in [7, 11) is 0. The number of carbonyl (C=O) groups is 1. The molecule has 3 heterocycles. The van der Waals surface area contributed by atoms with Gasteiger partial charge in [-0.15, -0.1) is 11.3 Å². The Bertz CT molecular complexity index is 808. The number of pyridine rings is 1. The van der Waals surface area contributed by atoms with E-state index in [1.165, 1.54) is 11.3 Å². The van der Waals surface area contributed by atoms with Gasteiger partial charge in [0, 0.05) is 28.4 Å². The van der Waals surface area contributed by atoms with Crippen molar-refractivity contribution in [1.29, 1.82) is 0 Å². The van der Waals surface area contributed by atoms with Crippen molar-refractivity contribution in [1.82, 2.24) is 14.4 Å². The number of imidazole rings is 1. The fourth-order valence-corrected chi connectivity index (χ4v) is 2.79. The van der Waals surface area contributed by atoms with Crippen molar-refractivity contribution < 1.29 is 4.79 Å². The largest absolute Gasteiger partial charge is 0.296 e. The molecule has 0 aromatic carbocycles. The summed E-state index contributed by atoms with van der Waals surface area (Å²) in [5, 5.41) is 3.95. The summed E-state index contributed by atoms with van der Waals surface area (Å²) in [6.45, 7) is 3.73. The monoisotopic (exact) mass is 306 g/mol. The summed E-state index contributed by atoms with van der Waals surface area (Å²) in [5.41, 5.74) is 1.79. The molecule has 0 bridgehead atoms. The van der Waals surface area contributed by atoms with Crippen LogP contribution in [0.15, 0.2) is 24.5 Å². The summed E-state index contributed by atoms with van der Waals surface area (Å²) < 4.78 is 1.72. The van der Waals surface area contributed by atoms with Crippen LogP contribution in [0.5, 0.6) is 0 Å². The van der Waals surface area contributed by atoms with Crippen molar-refractivity contribution in [2.24, 2.45) is 0 Å². The number of amides is 1. The molecule has 1 amide bonds. The molecule has 102 valence electrons. The molecule has 0 aliphatic rings. The topological polar surface area (TPSA) is 59.3 Å². The van der Waals surface area contributed by atoms with E-state index in [9.17, 15) is 4.79 Å². The van der Waals surface area contributed by atoms with Gasteiger partial charge in [0.05, 0.1) is 5.69 Å². The smallest absolute Gasteiger partial charge is 0.276 e. The Morgan fingerprint density at radius 3 is 2.95 bits per heavy atom. The molecule has 5 nitrogen and oxygen atoms in total. The van der Waals surface area contributed by atoms with Gasteiger partial charge in [-0.3, -0.25) is 14.5 Å². The van der Waals surface area contributed by atoms with Crippen LogP contribution in [0, 0.1) is 13.8 Å². The number of halogens is 1. The minimum atomic E-state index is -0.230. The number of rotatable bonds is 2. The van der Waals surface area contributed by atoms with E-state index in [4.69, 9.17) is 11.6 Å². The Hall–Kier alpha value is -1.92. The molecule has 20 heavy (non-hydrogen) atoms. The Morgan fingerprint density at radius 2 is 2.25 bits per heavy atom.